The molecule has 0 bridgehead atoms. The van der Waals surface area contributed by atoms with Gasteiger partial charge in [0.2, 0.25) is 0 Å². The summed E-state index contributed by atoms with van der Waals surface area (Å²) in [5.74, 6) is -0.412. The first kappa shape index (κ1) is 9.91. The monoisotopic (exact) mass is 155 g/mol. The lowest BCUT2D eigenvalue weighted by Gasteiger charge is -2.06. The fourth-order valence-corrected chi connectivity index (χ4v) is 0.524. The number of esters is 1. The normalized spacial score (nSPS) is 11.7. The van der Waals surface area contributed by atoms with Gasteiger partial charge in [0, 0.05) is 0 Å². The third-order valence-corrected chi connectivity index (χ3v) is 1.07. The zero-order valence-electron chi connectivity index (χ0n) is 6.45. The molecule has 0 amide bonds. The summed E-state index contributed by atoms with van der Waals surface area (Å²) in [4.78, 5) is 10.8. The van der Waals surface area contributed by atoms with Gasteiger partial charge in [0.1, 0.15) is 12.6 Å². The number of hydrogen-bond donors (Lipinski definition) is 1. The quantitative estimate of drug-likeness (QED) is 0.467. The molecule has 0 radical (unpaired) electrons. The Morgan fingerprint density at radius 3 is 2.64 bits per heavy atom. The Morgan fingerprint density at radius 2 is 2.18 bits per heavy atom. The summed E-state index contributed by atoms with van der Waals surface area (Å²) in [7, 11) is 0. The number of ether oxygens (including phenoxy) is 1. The first-order valence-corrected chi connectivity index (χ1v) is 3.36. The number of rotatable bonds is 5. The maximum atomic E-state index is 10.8. The number of carbonyl (C=O) groups is 1. The molecule has 11 heavy (non-hydrogen) atoms. The van der Waals surface area contributed by atoms with E-state index in [1.54, 1.807) is 6.08 Å². The molecule has 0 saturated heterocycles. The van der Waals surface area contributed by atoms with Crippen molar-refractivity contribution < 1.29 is 9.53 Å². The highest BCUT2D eigenvalue weighted by Crippen LogP contribution is 1.92. The Hall–Kier alpha value is -1.09. The fourth-order valence-electron chi connectivity index (χ4n) is 0.524. The van der Waals surface area contributed by atoms with Crippen LogP contribution in [0, 0.1) is 0 Å². The van der Waals surface area contributed by atoms with E-state index >= 15 is 0 Å². The van der Waals surface area contributed by atoms with Crippen LogP contribution in [0.3, 0.4) is 0 Å². The van der Waals surface area contributed by atoms with E-state index in [1.807, 2.05) is 0 Å². The van der Waals surface area contributed by atoms with E-state index < -0.39 is 12.0 Å². The Bertz CT molecular complexity index is 154. The summed E-state index contributed by atoms with van der Waals surface area (Å²) in [6.45, 7) is 7.07. The molecule has 1 unspecified atom stereocenters. The Labute approximate surface area is 66.5 Å². The van der Waals surface area contributed by atoms with Gasteiger partial charge in [-0.05, 0) is 6.42 Å². The van der Waals surface area contributed by atoms with Crippen LogP contribution in [0.2, 0.25) is 0 Å². The van der Waals surface area contributed by atoms with Crippen molar-refractivity contribution in [3.05, 3.63) is 25.3 Å². The molecule has 1 atom stereocenters. The smallest absolute Gasteiger partial charge is 0.323 e. The van der Waals surface area contributed by atoms with Gasteiger partial charge in [-0.15, -0.1) is 6.58 Å². The lowest BCUT2D eigenvalue weighted by atomic mass is 10.2. The van der Waals surface area contributed by atoms with E-state index in [0.717, 1.165) is 0 Å². The molecule has 0 fully saturated rings. The van der Waals surface area contributed by atoms with Gasteiger partial charge in [-0.3, -0.25) is 4.79 Å². The lowest BCUT2D eigenvalue weighted by molar-refractivity contribution is -0.143. The molecule has 0 aromatic rings. The first-order chi connectivity index (χ1) is 5.22. The largest absolute Gasteiger partial charge is 0.460 e. The van der Waals surface area contributed by atoms with Crippen molar-refractivity contribution in [2.45, 2.75) is 12.5 Å². The van der Waals surface area contributed by atoms with Crippen molar-refractivity contribution in [2.24, 2.45) is 5.73 Å². The number of hydrogen-bond acceptors (Lipinski definition) is 3. The van der Waals surface area contributed by atoms with Gasteiger partial charge in [0.25, 0.3) is 0 Å². The van der Waals surface area contributed by atoms with Crippen molar-refractivity contribution in [1.82, 2.24) is 0 Å². The highest BCUT2D eigenvalue weighted by atomic mass is 16.5. The molecular formula is C8H13NO2. The molecule has 0 heterocycles. The van der Waals surface area contributed by atoms with E-state index in [4.69, 9.17) is 5.73 Å². The average molecular weight is 155 g/mol. The van der Waals surface area contributed by atoms with Crippen LogP contribution in [0.4, 0.5) is 0 Å². The first-order valence-electron chi connectivity index (χ1n) is 3.36. The number of nitrogens with two attached hydrogens (primary N) is 1. The van der Waals surface area contributed by atoms with Crippen LogP contribution in [0.25, 0.3) is 0 Å². The fraction of sp³-hybridized carbons (Fsp3) is 0.375. The molecule has 2 N–H and O–H groups in total. The molecule has 3 nitrogen and oxygen atoms in total. The third kappa shape index (κ3) is 4.33. The van der Waals surface area contributed by atoms with Crippen LogP contribution in [-0.2, 0) is 9.53 Å². The summed E-state index contributed by atoms with van der Waals surface area (Å²) < 4.78 is 4.68. The maximum Gasteiger partial charge on any atom is 0.323 e. The average Bonchev–Trinajstić information content (AvgIpc) is 2.00. The predicted octanol–water partition coefficient (Wildman–Crippen LogP) is 0.619. The predicted molar refractivity (Wildman–Crippen MR) is 43.9 cm³/mol. The molecule has 3 heteroatoms. The molecule has 0 rings (SSSR count). The maximum absolute atomic E-state index is 10.8. The molecule has 0 aliphatic carbocycles. The van der Waals surface area contributed by atoms with Crippen molar-refractivity contribution in [1.29, 1.82) is 0 Å². The second-order valence-electron chi connectivity index (χ2n) is 2.05. The van der Waals surface area contributed by atoms with E-state index in [1.165, 1.54) is 6.08 Å². The Morgan fingerprint density at radius 1 is 1.55 bits per heavy atom. The molecule has 0 saturated carbocycles. The zero-order chi connectivity index (χ0) is 8.69. The van der Waals surface area contributed by atoms with Crippen LogP contribution >= 0.6 is 0 Å². The standard InChI is InChI=1S/C8H13NO2/c1-3-5-7(9)8(10)11-6-4-2/h3-4,7H,1-2,5-6,9H2. The second-order valence-corrected chi connectivity index (χ2v) is 2.05. The summed E-state index contributed by atoms with van der Waals surface area (Å²) in [5.41, 5.74) is 5.39. The molecule has 0 aliphatic rings. The van der Waals surface area contributed by atoms with Gasteiger partial charge in [-0.2, -0.15) is 0 Å². The topological polar surface area (TPSA) is 52.3 Å². The minimum atomic E-state index is -0.590. The molecule has 0 spiro atoms. The minimum absolute atomic E-state index is 0.212. The van der Waals surface area contributed by atoms with Crippen molar-refractivity contribution in [2.75, 3.05) is 6.61 Å². The SMILES string of the molecule is C=CCOC(=O)C(N)CC=C. The van der Waals surface area contributed by atoms with Gasteiger partial charge in [-0.25, -0.2) is 0 Å². The summed E-state index contributed by atoms with van der Waals surface area (Å²) in [5, 5.41) is 0. The van der Waals surface area contributed by atoms with E-state index in [0.29, 0.717) is 6.42 Å². The van der Waals surface area contributed by atoms with Crippen LogP contribution in [-0.4, -0.2) is 18.6 Å². The highest BCUT2D eigenvalue weighted by Gasteiger charge is 2.11. The van der Waals surface area contributed by atoms with Crippen LogP contribution in [0.5, 0.6) is 0 Å². The molecule has 0 aliphatic heterocycles. The Balaban J connectivity index is 3.62. The zero-order valence-corrected chi connectivity index (χ0v) is 6.45. The minimum Gasteiger partial charge on any atom is -0.460 e. The van der Waals surface area contributed by atoms with Crippen LogP contribution < -0.4 is 5.73 Å². The highest BCUT2D eigenvalue weighted by molar-refractivity contribution is 5.75. The van der Waals surface area contributed by atoms with E-state index in [-0.39, 0.29) is 6.61 Å². The van der Waals surface area contributed by atoms with Crippen molar-refractivity contribution >= 4 is 5.97 Å². The molecule has 62 valence electrons. The summed E-state index contributed by atoms with van der Waals surface area (Å²) >= 11 is 0. The van der Waals surface area contributed by atoms with Gasteiger partial charge in [0.05, 0.1) is 0 Å². The van der Waals surface area contributed by atoms with Crippen LogP contribution in [0.15, 0.2) is 25.3 Å². The third-order valence-electron chi connectivity index (χ3n) is 1.07. The lowest BCUT2D eigenvalue weighted by Crippen LogP contribution is -2.31. The molecular weight excluding hydrogens is 142 g/mol. The summed E-state index contributed by atoms with van der Waals surface area (Å²) in [6.07, 6.45) is 3.52. The molecule has 0 aromatic carbocycles. The van der Waals surface area contributed by atoms with Crippen molar-refractivity contribution in [3.63, 3.8) is 0 Å². The second kappa shape index (κ2) is 5.68. The molecule has 0 aromatic heterocycles. The van der Waals surface area contributed by atoms with E-state index in [2.05, 4.69) is 17.9 Å². The van der Waals surface area contributed by atoms with Gasteiger partial charge in [-0.1, -0.05) is 18.7 Å². The summed E-state index contributed by atoms with van der Waals surface area (Å²) in [6, 6.07) is -0.590. The van der Waals surface area contributed by atoms with Crippen LogP contribution in [0.1, 0.15) is 6.42 Å². The van der Waals surface area contributed by atoms with Gasteiger partial charge in [0.15, 0.2) is 0 Å². The van der Waals surface area contributed by atoms with Gasteiger partial charge < -0.3 is 10.5 Å². The van der Waals surface area contributed by atoms with Crippen molar-refractivity contribution in [3.8, 4) is 0 Å². The Kier molecular flexibility index (Phi) is 5.11. The van der Waals surface area contributed by atoms with Gasteiger partial charge >= 0.3 is 5.97 Å². The van der Waals surface area contributed by atoms with E-state index in [9.17, 15) is 4.79 Å². The number of carbonyl (C=O) groups excluding carboxylic acids is 1.